The number of nitrogens with zero attached hydrogens (tertiary/aromatic N) is 2. The molecular formula is C24H27N3O. The quantitative estimate of drug-likeness (QED) is 0.691. The molecule has 0 radical (unpaired) electrons. The Morgan fingerprint density at radius 3 is 2.61 bits per heavy atom. The van der Waals surface area contributed by atoms with E-state index in [9.17, 15) is 4.79 Å². The summed E-state index contributed by atoms with van der Waals surface area (Å²) in [7, 11) is 0. The number of carbonyl (C=O) groups excluding carboxylic acids is 1. The fourth-order valence-electron chi connectivity index (χ4n) is 4.04. The maximum atomic E-state index is 12.4. The summed E-state index contributed by atoms with van der Waals surface area (Å²) in [6.45, 7) is 2.99. The molecule has 4 heteroatoms. The van der Waals surface area contributed by atoms with E-state index < -0.39 is 0 Å². The first-order valence-corrected chi connectivity index (χ1v) is 10.2. The van der Waals surface area contributed by atoms with E-state index >= 15 is 0 Å². The summed E-state index contributed by atoms with van der Waals surface area (Å²) in [4.78, 5) is 19.3. The molecule has 1 fully saturated rings. The van der Waals surface area contributed by atoms with E-state index in [1.54, 1.807) is 6.20 Å². The number of amides is 1. The molecule has 0 spiro atoms. The second kappa shape index (κ2) is 8.98. The Bertz CT molecular complexity index is 912. The van der Waals surface area contributed by atoms with E-state index in [-0.39, 0.29) is 5.91 Å². The number of nitrogens with one attached hydrogen (secondary N) is 1. The predicted octanol–water partition coefficient (Wildman–Crippen LogP) is 4.52. The summed E-state index contributed by atoms with van der Waals surface area (Å²) in [5.41, 5.74) is 3.08. The number of para-hydroxylation sites is 1. The monoisotopic (exact) mass is 373 g/mol. The van der Waals surface area contributed by atoms with Gasteiger partial charge in [-0.2, -0.15) is 0 Å². The molecule has 1 aliphatic rings. The van der Waals surface area contributed by atoms with Gasteiger partial charge in [0.1, 0.15) is 0 Å². The Balaban J connectivity index is 1.23. The van der Waals surface area contributed by atoms with E-state index in [0.29, 0.717) is 6.42 Å². The zero-order chi connectivity index (χ0) is 19.2. The van der Waals surface area contributed by atoms with Crippen molar-refractivity contribution in [3.63, 3.8) is 0 Å². The molecule has 2 aromatic carbocycles. The number of piperidine rings is 1. The van der Waals surface area contributed by atoms with Gasteiger partial charge >= 0.3 is 0 Å². The van der Waals surface area contributed by atoms with Gasteiger partial charge in [0.05, 0.1) is 11.2 Å². The molecule has 2 heterocycles. The van der Waals surface area contributed by atoms with Crippen molar-refractivity contribution in [3.05, 3.63) is 72.4 Å². The van der Waals surface area contributed by atoms with Gasteiger partial charge in [0.15, 0.2) is 0 Å². The summed E-state index contributed by atoms with van der Waals surface area (Å²) in [6, 6.07) is 20.6. The van der Waals surface area contributed by atoms with Crippen molar-refractivity contribution in [2.24, 2.45) is 5.92 Å². The Hall–Kier alpha value is -2.72. The van der Waals surface area contributed by atoms with Gasteiger partial charge in [0.25, 0.3) is 0 Å². The number of anilines is 1. The number of hydrogen-bond acceptors (Lipinski definition) is 3. The van der Waals surface area contributed by atoms with Gasteiger partial charge in [0.2, 0.25) is 5.91 Å². The van der Waals surface area contributed by atoms with Crippen LogP contribution in [0.3, 0.4) is 0 Å². The van der Waals surface area contributed by atoms with Crippen LogP contribution in [0.2, 0.25) is 0 Å². The molecule has 0 aliphatic carbocycles. The number of rotatable bonds is 6. The number of benzene rings is 2. The Morgan fingerprint density at radius 1 is 1.00 bits per heavy atom. The lowest BCUT2D eigenvalue weighted by Crippen LogP contribution is -2.36. The van der Waals surface area contributed by atoms with Crippen molar-refractivity contribution in [1.29, 1.82) is 0 Å². The summed E-state index contributed by atoms with van der Waals surface area (Å²) in [6.07, 6.45) is 5.88. The van der Waals surface area contributed by atoms with Crippen LogP contribution in [0.25, 0.3) is 10.9 Å². The molecule has 0 bridgehead atoms. The number of hydrogen-bond donors (Lipinski definition) is 1. The van der Waals surface area contributed by atoms with E-state index in [1.165, 1.54) is 24.8 Å². The van der Waals surface area contributed by atoms with Crippen molar-refractivity contribution in [3.8, 4) is 0 Å². The highest BCUT2D eigenvalue weighted by Crippen LogP contribution is 2.23. The number of carbonyl (C=O) groups is 1. The highest BCUT2D eigenvalue weighted by molar-refractivity contribution is 6.00. The predicted molar refractivity (Wildman–Crippen MR) is 114 cm³/mol. The summed E-state index contributed by atoms with van der Waals surface area (Å²) < 4.78 is 0. The largest absolute Gasteiger partial charge is 0.324 e. The molecule has 1 saturated heterocycles. The Kier molecular flexibility index (Phi) is 5.98. The fourth-order valence-corrected chi connectivity index (χ4v) is 4.04. The second-order valence-corrected chi connectivity index (χ2v) is 7.65. The lowest BCUT2D eigenvalue weighted by molar-refractivity contribution is -0.116. The van der Waals surface area contributed by atoms with Crippen LogP contribution in [0, 0.1) is 5.92 Å². The standard InChI is InChI=1S/C24H27N3O/c28-23(26-22-10-4-8-21-9-5-14-25-24(21)22)13-17-27-15-11-20(12-16-27)18-19-6-2-1-3-7-19/h1-10,14,20H,11-13,15-18H2,(H,26,28). The zero-order valence-electron chi connectivity index (χ0n) is 16.2. The second-order valence-electron chi connectivity index (χ2n) is 7.65. The van der Waals surface area contributed by atoms with Crippen molar-refractivity contribution < 1.29 is 4.79 Å². The molecule has 0 saturated carbocycles. The summed E-state index contributed by atoms with van der Waals surface area (Å²) >= 11 is 0. The third kappa shape index (κ3) is 4.76. The number of aromatic nitrogens is 1. The van der Waals surface area contributed by atoms with Crippen LogP contribution in [0.15, 0.2) is 66.9 Å². The highest BCUT2D eigenvalue weighted by Gasteiger charge is 2.20. The molecule has 3 aromatic rings. The SMILES string of the molecule is O=C(CCN1CCC(Cc2ccccc2)CC1)Nc1cccc2cccnc12. The summed E-state index contributed by atoms with van der Waals surface area (Å²) in [5, 5.41) is 4.08. The maximum absolute atomic E-state index is 12.4. The van der Waals surface area contributed by atoms with E-state index in [1.807, 2.05) is 30.3 Å². The fraction of sp³-hybridized carbons (Fsp3) is 0.333. The van der Waals surface area contributed by atoms with Crippen LogP contribution in [-0.2, 0) is 11.2 Å². The topological polar surface area (TPSA) is 45.2 Å². The van der Waals surface area contributed by atoms with Crippen LogP contribution >= 0.6 is 0 Å². The van der Waals surface area contributed by atoms with Crippen LogP contribution in [-0.4, -0.2) is 35.4 Å². The van der Waals surface area contributed by atoms with E-state index in [2.05, 4.69) is 45.5 Å². The normalized spacial score (nSPS) is 15.6. The van der Waals surface area contributed by atoms with Crippen LogP contribution < -0.4 is 5.32 Å². The van der Waals surface area contributed by atoms with Crippen molar-refractivity contribution in [1.82, 2.24) is 9.88 Å². The Morgan fingerprint density at radius 2 is 1.79 bits per heavy atom. The van der Waals surface area contributed by atoms with Gasteiger partial charge in [-0.15, -0.1) is 0 Å². The minimum atomic E-state index is 0.0598. The van der Waals surface area contributed by atoms with Gasteiger partial charge in [-0.1, -0.05) is 48.5 Å². The average Bonchev–Trinajstić information content (AvgIpc) is 2.74. The molecule has 1 aliphatic heterocycles. The first kappa shape index (κ1) is 18.6. The third-order valence-electron chi connectivity index (χ3n) is 5.64. The molecule has 1 aromatic heterocycles. The molecule has 0 atom stereocenters. The maximum Gasteiger partial charge on any atom is 0.225 e. The number of fused-ring (bicyclic) bond motifs is 1. The van der Waals surface area contributed by atoms with Gasteiger partial charge in [-0.3, -0.25) is 9.78 Å². The highest BCUT2D eigenvalue weighted by atomic mass is 16.1. The molecular weight excluding hydrogens is 346 g/mol. The smallest absolute Gasteiger partial charge is 0.225 e. The Labute approximate surface area is 166 Å². The van der Waals surface area contributed by atoms with Gasteiger partial charge in [-0.25, -0.2) is 0 Å². The number of pyridine rings is 1. The zero-order valence-corrected chi connectivity index (χ0v) is 16.2. The first-order valence-electron chi connectivity index (χ1n) is 10.2. The molecule has 4 nitrogen and oxygen atoms in total. The molecule has 28 heavy (non-hydrogen) atoms. The van der Waals surface area contributed by atoms with E-state index in [4.69, 9.17) is 0 Å². The minimum Gasteiger partial charge on any atom is -0.324 e. The molecule has 4 rings (SSSR count). The molecule has 0 unspecified atom stereocenters. The van der Waals surface area contributed by atoms with Gasteiger partial charge in [-0.05, 0) is 56.0 Å². The summed E-state index contributed by atoms with van der Waals surface area (Å²) in [5.74, 6) is 0.818. The van der Waals surface area contributed by atoms with Crippen LogP contribution in [0.1, 0.15) is 24.8 Å². The van der Waals surface area contributed by atoms with Crippen LogP contribution in [0.4, 0.5) is 5.69 Å². The average molecular weight is 374 g/mol. The minimum absolute atomic E-state index is 0.0598. The van der Waals surface area contributed by atoms with Crippen molar-refractivity contribution >= 4 is 22.5 Å². The van der Waals surface area contributed by atoms with Crippen LogP contribution in [0.5, 0.6) is 0 Å². The van der Waals surface area contributed by atoms with Crippen molar-refractivity contribution in [2.75, 3.05) is 25.0 Å². The molecule has 1 N–H and O–H groups in total. The number of likely N-dealkylation sites (tertiary alicyclic amines) is 1. The van der Waals surface area contributed by atoms with Crippen molar-refractivity contribution in [2.45, 2.75) is 25.7 Å². The lowest BCUT2D eigenvalue weighted by atomic mass is 9.90. The first-order chi connectivity index (χ1) is 13.8. The third-order valence-corrected chi connectivity index (χ3v) is 5.64. The molecule has 144 valence electrons. The van der Waals surface area contributed by atoms with Gasteiger partial charge < -0.3 is 10.2 Å². The lowest BCUT2D eigenvalue weighted by Gasteiger charge is -2.31. The van der Waals surface area contributed by atoms with E-state index in [0.717, 1.165) is 42.1 Å². The van der Waals surface area contributed by atoms with Gasteiger partial charge in [0, 0.05) is 24.5 Å². The molecule has 1 amide bonds.